The minimum absolute atomic E-state index is 0.0808. The number of Topliss-reactive ketones (excluding diaryl/α,β-unsaturated/α-hetero) is 1. The van der Waals surface area contributed by atoms with Crippen LogP contribution in [0.3, 0.4) is 0 Å². The fourth-order valence-electron chi connectivity index (χ4n) is 4.26. The van der Waals surface area contributed by atoms with Crippen LogP contribution in [0.25, 0.3) is 6.08 Å². The molecular weight excluding hydrogens is 400 g/mol. The second-order valence-corrected chi connectivity index (χ2v) is 8.54. The maximum Gasteiger partial charge on any atom is 0.231 e. The molecule has 0 saturated carbocycles. The topological polar surface area (TPSA) is 42.0 Å². The molecule has 32 heavy (non-hydrogen) atoms. The first-order valence-electron chi connectivity index (χ1n) is 10.8. The van der Waals surface area contributed by atoms with Crippen molar-refractivity contribution in [2.75, 3.05) is 25.7 Å². The Hall–Kier alpha value is -3.57. The van der Waals surface area contributed by atoms with Gasteiger partial charge in [-0.3, -0.25) is 9.69 Å². The molecular formula is C27H26N2O3. The van der Waals surface area contributed by atoms with E-state index in [0.717, 1.165) is 41.2 Å². The van der Waals surface area contributed by atoms with Crippen LogP contribution in [0.1, 0.15) is 32.6 Å². The van der Waals surface area contributed by atoms with Crippen molar-refractivity contribution in [2.45, 2.75) is 20.0 Å². The van der Waals surface area contributed by atoms with E-state index in [2.05, 4.69) is 17.0 Å². The molecule has 0 aliphatic carbocycles. The first-order valence-corrected chi connectivity index (χ1v) is 10.8. The lowest BCUT2D eigenvalue weighted by Crippen LogP contribution is -2.32. The largest absolute Gasteiger partial charge is 0.477 e. The zero-order valence-electron chi connectivity index (χ0n) is 18.6. The van der Waals surface area contributed by atoms with Crippen LogP contribution in [-0.2, 0) is 13.1 Å². The number of hydrogen-bond acceptors (Lipinski definition) is 5. The van der Waals surface area contributed by atoms with Gasteiger partial charge < -0.3 is 14.4 Å². The molecule has 2 aliphatic rings. The highest BCUT2D eigenvalue weighted by molar-refractivity contribution is 6.15. The van der Waals surface area contributed by atoms with E-state index in [1.807, 2.05) is 80.5 Å². The first-order chi connectivity index (χ1) is 15.5. The van der Waals surface area contributed by atoms with Crippen LogP contribution in [0, 0.1) is 6.92 Å². The van der Waals surface area contributed by atoms with Gasteiger partial charge in [0.15, 0.2) is 5.76 Å². The minimum atomic E-state index is -0.0808. The highest BCUT2D eigenvalue weighted by atomic mass is 16.5. The van der Waals surface area contributed by atoms with Gasteiger partial charge in [0.25, 0.3) is 0 Å². The first kappa shape index (κ1) is 20.3. The average Bonchev–Trinajstić information content (AvgIpc) is 3.10. The van der Waals surface area contributed by atoms with Crippen LogP contribution in [0.15, 0.2) is 66.4 Å². The lowest BCUT2D eigenvalue weighted by Gasteiger charge is -2.30. The van der Waals surface area contributed by atoms with Crippen LogP contribution in [-0.4, -0.2) is 31.5 Å². The Morgan fingerprint density at radius 1 is 1.03 bits per heavy atom. The van der Waals surface area contributed by atoms with E-state index in [1.54, 1.807) is 0 Å². The summed E-state index contributed by atoms with van der Waals surface area (Å²) in [5, 5.41) is 0. The molecule has 2 heterocycles. The standard InChI is InChI=1S/C27H26N2O3/c1-18-26-21(16-29(17-31-26)15-20-7-5-4-6-8-20)14-23-25(30)24(32-27(18)23)13-19-9-11-22(12-10-19)28(2)3/h4-14H,15-17H2,1-3H3/b24-13-. The van der Waals surface area contributed by atoms with Crippen molar-refractivity contribution in [3.63, 3.8) is 0 Å². The van der Waals surface area contributed by atoms with Crippen LogP contribution >= 0.6 is 0 Å². The Morgan fingerprint density at radius 2 is 1.78 bits per heavy atom. The fraction of sp³-hybridized carbons (Fsp3) is 0.222. The summed E-state index contributed by atoms with van der Waals surface area (Å²) in [6, 6.07) is 20.3. The molecule has 5 nitrogen and oxygen atoms in total. The summed E-state index contributed by atoms with van der Waals surface area (Å²) in [6.07, 6.45) is 1.81. The van der Waals surface area contributed by atoms with Gasteiger partial charge in [0.2, 0.25) is 5.78 Å². The molecule has 0 N–H and O–H groups in total. The average molecular weight is 427 g/mol. The van der Waals surface area contributed by atoms with E-state index in [1.165, 1.54) is 5.56 Å². The predicted octanol–water partition coefficient (Wildman–Crippen LogP) is 5.03. The molecule has 0 unspecified atom stereocenters. The number of nitrogens with zero attached hydrogens (tertiary/aromatic N) is 2. The van der Waals surface area contributed by atoms with E-state index >= 15 is 0 Å². The zero-order valence-corrected chi connectivity index (χ0v) is 18.6. The Bertz CT molecular complexity index is 1200. The van der Waals surface area contributed by atoms with Crippen molar-refractivity contribution in [2.24, 2.45) is 0 Å². The highest BCUT2D eigenvalue weighted by Gasteiger charge is 2.33. The quantitative estimate of drug-likeness (QED) is 0.548. The molecule has 0 fully saturated rings. The molecule has 0 spiro atoms. The monoisotopic (exact) mass is 426 g/mol. The van der Waals surface area contributed by atoms with E-state index in [0.29, 0.717) is 23.8 Å². The maximum atomic E-state index is 13.1. The molecule has 0 radical (unpaired) electrons. The van der Waals surface area contributed by atoms with Gasteiger partial charge in [-0.2, -0.15) is 0 Å². The summed E-state index contributed by atoms with van der Waals surface area (Å²) < 4.78 is 12.1. The molecule has 3 aromatic carbocycles. The molecule has 162 valence electrons. The van der Waals surface area contributed by atoms with Crippen LogP contribution in [0.5, 0.6) is 11.5 Å². The lowest BCUT2D eigenvalue weighted by molar-refractivity contribution is 0.0876. The number of carbonyl (C=O) groups excluding carboxylic acids is 1. The van der Waals surface area contributed by atoms with Crippen molar-refractivity contribution in [1.29, 1.82) is 0 Å². The second-order valence-electron chi connectivity index (χ2n) is 8.54. The molecule has 5 rings (SSSR count). The van der Waals surface area contributed by atoms with Gasteiger partial charge in [0.1, 0.15) is 18.2 Å². The van der Waals surface area contributed by atoms with E-state index in [-0.39, 0.29) is 5.78 Å². The van der Waals surface area contributed by atoms with Crippen molar-refractivity contribution in [1.82, 2.24) is 4.90 Å². The summed E-state index contributed by atoms with van der Waals surface area (Å²) in [5.41, 5.74) is 5.80. The number of allylic oxidation sites excluding steroid dienone is 1. The predicted molar refractivity (Wildman–Crippen MR) is 126 cm³/mol. The number of carbonyl (C=O) groups is 1. The van der Waals surface area contributed by atoms with Gasteiger partial charge in [-0.1, -0.05) is 42.5 Å². The number of hydrogen-bond donors (Lipinski definition) is 0. The summed E-state index contributed by atoms with van der Waals surface area (Å²) in [6.45, 7) is 4.01. The van der Waals surface area contributed by atoms with Crippen LogP contribution in [0.2, 0.25) is 0 Å². The number of benzene rings is 3. The number of fused-ring (bicyclic) bond motifs is 2. The van der Waals surface area contributed by atoms with Crippen LogP contribution in [0.4, 0.5) is 5.69 Å². The molecule has 5 heteroatoms. The SMILES string of the molecule is Cc1c2c(cc3c1O/C(=C\c1ccc(N(C)C)cc1)C3=O)CN(Cc1ccccc1)CO2. The highest BCUT2D eigenvalue weighted by Crippen LogP contribution is 2.43. The summed E-state index contributed by atoms with van der Waals surface area (Å²) in [7, 11) is 4.00. The van der Waals surface area contributed by atoms with E-state index < -0.39 is 0 Å². The van der Waals surface area contributed by atoms with E-state index in [4.69, 9.17) is 9.47 Å². The molecule has 0 amide bonds. The molecule has 3 aromatic rings. The van der Waals surface area contributed by atoms with Crippen molar-refractivity contribution < 1.29 is 14.3 Å². The maximum absolute atomic E-state index is 13.1. The Kier molecular flexibility index (Phi) is 5.19. The number of ketones is 1. The Morgan fingerprint density at radius 3 is 2.50 bits per heavy atom. The Balaban J connectivity index is 1.40. The number of ether oxygens (including phenoxy) is 2. The minimum Gasteiger partial charge on any atom is -0.477 e. The zero-order chi connectivity index (χ0) is 22.2. The third-order valence-electron chi connectivity index (χ3n) is 5.96. The number of anilines is 1. The van der Waals surface area contributed by atoms with Gasteiger partial charge in [0.05, 0.1) is 5.56 Å². The van der Waals surface area contributed by atoms with Gasteiger partial charge in [-0.05, 0) is 42.3 Å². The third kappa shape index (κ3) is 3.76. The fourth-order valence-corrected chi connectivity index (χ4v) is 4.26. The summed E-state index contributed by atoms with van der Waals surface area (Å²) in [4.78, 5) is 17.4. The van der Waals surface area contributed by atoms with Gasteiger partial charge in [0, 0.05) is 44.0 Å². The summed E-state index contributed by atoms with van der Waals surface area (Å²) >= 11 is 0. The summed E-state index contributed by atoms with van der Waals surface area (Å²) in [5.74, 6) is 1.71. The Labute approximate surface area is 188 Å². The van der Waals surface area contributed by atoms with Crippen molar-refractivity contribution in [3.8, 4) is 11.5 Å². The lowest BCUT2D eigenvalue weighted by atomic mass is 10.00. The van der Waals surface area contributed by atoms with Crippen molar-refractivity contribution in [3.05, 3.63) is 94.2 Å². The molecule has 0 atom stereocenters. The third-order valence-corrected chi connectivity index (χ3v) is 5.96. The second kappa shape index (κ2) is 8.17. The van der Waals surface area contributed by atoms with Gasteiger partial charge >= 0.3 is 0 Å². The number of rotatable bonds is 4. The molecule has 0 aromatic heterocycles. The van der Waals surface area contributed by atoms with Gasteiger partial charge in [-0.15, -0.1) is 0 Å². The molecule has 0 saturated heterocycles. The van der Waals surface area contributed by atoms with E-state index in [9.17, 15) is 4.79 Å². The molecule has 2 aliphatic heterocycles. The smallest absolute Gasteiger partial charge is 0.231 e. The molecule has 0 bridgehead atoms. The van der Waals surface area contributed by atoms with Crippen molar-refractivity contribution >= 4 is 17.5 Å². The van der Waals surface area contributed by atoms with Crippen LogP contribution < -0.4 is 14.4 Å². The van der Waals surface area contributed by atoms with Gasteiger partial charge in [-0.25, -0.2) is 0 Å². The normalized spacial score (nSPS) is 16.3.